The summed E-state index contributed by atoms with van der Waals surface area (Å²) in [5, 5.41) is 0. The molecule has 1 atom stereocenters. The van der Waals surface area contributed by atoms with E-state index in [-0.39, 0.29) is 12.0 Å². The lowest BCUT2D eigenvalue weighted by atomic mass is 10.0. The van der Waals surface area contributed by atoms with Crippen LogP contribution >= 0.6 is 0 Å². The Kier molecular flexibility index (Phi) is 3.45. The molecule has 0 aromatic heterocycles. The van der Waals surface area contributed by atoms with Crippen LogP contribution in [0.4, 0.5) is 11.4 Å². The van der Waals surface area contributed by atoms with Gasteiger partial charge in [0.1, 0.15) is 0 Å². The molecule has 1 radical (unpaired) electrons. The predicted molar refractivity (Wildman–Crippen MR) is 82.9 cm³/mol. The summed E-state index contributed by atoms with van der Waals surface area (Å²) < 4.78 is 0. The third-order valence-corrected chi connectivity index (χ3v) is 4.08. The molecule has 1 fully saturated rings. The highest BCUT2D eigenvalue weighted by molar-refractivity contribution is 6.00. The molecular weight excluding hydrogens is 248 g/mol. The Bertz CT molecular complexity index is 507. The normalized spacial score (nSPS) is 22.1. The molecule has 0 N–H and O–H groups in total. The van der Waals surface area contributed by atoms with Crippen molar-refractivity contribution < 1.29 is 4.79 Å². The lowest BCUT2D eigenvalue weighted by Crippen LogP contribution is -2.51. The molecule has 20 heavy (non-hydrogen) atoms. The summed E-state index contributed by atoms with van der Waals surface area (Å²) in [6.07, 6.45) is 2.13. The average Bonchev–Trinajstić information content (AvgIpc) is 3.22. The Morgan fingerprint density at radius 2 is 1.85 bits per heavy atom. The molecule has 1 aliphatic carbocycles. The number of benzene rings is 1. The van der Waals surface area contributed by atoms with E-state index in [9.17, 15) is 4.79 Å². The average molecular weight is 271 g/mol. The van der Waals surface area contributed by atoms with E-state index < -0.39 is 0 Å². The van der Waals surface area contributed by atoms with Crippen LogP contribution in [0.15, 0.2) is 24.3 Å². The van der Waals surface area contributed by atoms with E-state index in [1.165, 1.54) is 11.6 Å². The fraction of sp³-hybridized carbons (Fsp3) is 0.529. The van der Waals surface area contributed by atoms with Gasteiger partial charge in [0.15, 0.2) is 0 Å². The molecule has 3 nitrogen and oxygen atoms in total. The van der Waals surface area contributed by atoms with Gasteiger partial charge in [0.25, 0.3) is 0 Å². The predicted octanol–water partition coefficient (Wildman–Crippen LogP) is 3.25. The molecule has 1 heterocycles. The van der Waals surface area contributed by atoms with Gasteiger partial charge >= 0.3 is 0 Å². The molecule has 1 amide bonds. The number of amides is 1. The number of para-hydroxylation sites is 2. The van der Waals surface area contributed by atoms with Gasteiger partial charge in [-0.15, -0.1) is 0 Å². The van der Waals surface area contributed by atoms with Gasteiger partial charge in [0, 0.05) is 19.0 Å². The summed E-state index contributed by atoms with van der Waals surface area (Å²) >= 11 is 0. The maximum absolute atomic E-state index is 12.6. The minimum absolute atomic E-state index is 0.248. The van der Waals surface area contributed by atoms with Gasteiger partial charge in [-0.3, -0.25) is 4.79 Å². The first kappa shape index (κ1) is 13.5. The van der Waals surface area contributed by atoms with Crippen molar-refractivity contribution in [2.24, 2.45) is 5.92 Å². The Morgan fingerprint density at radius 3 is 2.45 bits per heavy atom. The van der Waals surface area contributed by atoms with Crippen LogP contribution in [0.1, 0.15) is 33.6 Å². The van der Waals surface area contributed by atoms with Gasteiger partial charge < -0.3 is 9.80 Å². The minimum atomic E-state index is 0.248. The van der Waals surface area contributed by atoms with E-state index in [1.54, 1.807) is 0 Å². The Morgan fingerprint density at radius 1 is 1.20 bits per heavy atom. The smallest absolute Gasteiger partial charge is 0.230 e. The number of rotatable bonds is 3. The molecule has 1 aromatic carbocycles. The molecule has 0 bridgehead atoms. The monoisotopic (exact) mass is 271 g/mol. The minimum Gasteiger partial charge on any atom is -0.367 e. The Hall–Kier alpha value is -1.51. The largest absolute Gasteiger partial charge is 0.367 e. The maximum atomic E-state index is 12.6. The first-order chi connectivity index (χ1) is 9.58. The molecule has 1 aliphatic heterocycles. The van der Waals surface area contributed by atoms with Gasteiger partial charge in [-0.25, -0.2) is 0 Å². The van der Waals surface area contributed by atoms with Crippen LogP contribution in [-0.4, -0.2) is 25.0 Å². The van der Waals surface area contributed by atoms with Crippen LogP contribution in [0.5, 0.6) is 0 Å². The van der Waals surface area contributed by atoms with Gasteiger partial charge in [0.05, 0.1) is 17.4 Å². The van der Waals surface area contributed by atoms with Crippen LogP contribution in [0.25, 0.3) is 0 Å². The van der Waals surface area contributed by atoms with Gasteiger partial charge in [-0.05, 0) is 37.8 Å². The van der Waals surface area contributed by atoms with Crippen LogP contribution in [-0.2, 0) is 4.79 Å². The molecule has 3 heteroatoms. The van der Waals surface area contributed by atoms with E-state index >= 15 is 0 Å². The molecule has 0 saturated heterocycles. The molecule has 1 saturated carbocycles. The highest BCUT2D eigenvalue weighted by Crippen LogP contribution is 2.40. The van der Waals surface area contributed by atoms with E-state index in [0.29, 0.717) is 5.91 Å². The highest BCUT2D eigenvalue weighted by Gasteiger charge is 2.39. The number of hydrogen-bond acceptors (Lipinski definition) is 2. The topological polar surface area (TPSA) is 23.6 Å². The summed E-state index contributed by atoms with van der Waals surface area (Å²) in [5.74, 6) is 1.99. The number of carbonyl (C=O) groups is 1. The Balaban J connectivity index is 1.95. The maximum Gasteiger partial charge on any atom is 0.230 e. The second-order valence-electron chi connectivity index (χ2n) is 6.41. The lowest BCUT2D eigenvalue weighted by Gasteiger charge is -2.43. The van der Waals surface area contributed by atoms with Crippen LogP contribution < -0.4 is 9.80 Å². The van der Waals surface area contributed by atoms with Crippen molar-refractivity contribution in [3.05, 3.63) is 30.2 Å². The van der Waals surface area contributed by atoms with E-state index in [1.807, 2.05) is 11.0 Å². The van der Waals surface area contributed by atoms with E-state index in [2.05, 4.69) is 43.9 Å². The fourth-order valence-corrected chi connectivity index (χ4v) is 3.07. The van der Waals surface area contributed by atoms with Crippen LogP contribution in [0.3, 0.4) is 0 Å². The van der Waals surface area contributed by atoms with Gasteiger partial charge in [-0.2, -0.15) is 0 Å². The van der Waals surface area contributed by atoms with Crippen molar-refractivity contribution in [3.63, 3.8) is 0 Å². The fourth-order valence-electron chi connectivity index (χ4n) is 3.07. The number of fused-ring (bicyclic) bond motifs is 1. The summed E-state index contributed by atoms with van der Waals surface area (Å²) in [6.45, 7) is 8.37. The Labute approximate surface area is 121 Å². The standard InChI is InChI=1S/C17H23N2O/c1-12(2)10-18-11-13(3)19(17(20)14-8-9-14)16-7-5-4-6-15(16)18/h4-7,13-14H,8-11H2,1-3H3/t13-/m0/s1. The zero-order valence-corrected chi connectivity index (χ0v) is 12.6. The zero-order chi connectivity index (χ0) is 14.3. The molecule has 107 valence electrons. The van der Waals surface area contributed by atoms with Crippen molar-refractivity contribution in [1.82, 2.24) is 0 Å². The molecule has 0 unspecified atom stereocenters. The van der Waals surface area contributed by atoms with Crippen molar-refractivity contribution in [1.29, 1.82) is 0 Å². The van der Waals surface area contributed by atoms with Gasteiger partial charge in [-0.1, -0.05) is 26.0 Å². The lowest BCUT2D eigenvalue weighted by molar-refractivity contribution is -0.120. The summed E-state index contributed by atoms with van der Waals surface area (Å²) in [5.41, 5.74) is 2.28. The second kappa shape index (κ2) is 5.12. The van der Waals surface area contributed by atoms with Gasteiger partial charge in [0.2, 0.25) is 5.91 Å². The summed E-state index contributed by atoms with van der Waals surface area (Å²) in [6, 6.07) is 8.56. The van der Waals surface area contributed by atoms with Crippen molar-refractivity contribution >= 4 is 17.3 Å². The first-order valence-corrected chi connectivity index (χ1v) is 7.54. The third kappa shape index (κ3) is 2.41. The molecule has 1 aromatic rings. The SMILES string of the molecule is C[C](C)CN1C[C@H](C)N(C(=O)C2CC2)c2ccccc21. The van der Waals surface area contributed by atoms with Crippen molar-refractivity contribution in [3.8, 4) is 0 Å². The summed E-state index contributed by atoms with van der Waals surface area (Å²) in [4.78, 5) is 17.0. The zero-order valence-electron chi connectivity index (χ0n) is 12.6. The molecular formula is C17H23N2O. The van der Waals surface area contributed by atoms with E-state index in [0.717, 1.165) is 31.6 Å². The summed E-state index contributed by atoms with van der Waals surface area (Å²) in [7, 11) is 0. The first-order valence-electron chi connectivity index (χ1n) is 7.54. The second-order valence-corrected chi connectivity index (χ2v) is 6.41. The molecule has 0 spiro atoms. The van der Waals surface area contributed by atoms with Crippen molar-refractivity contribution in [2.75, 3.05) is 22.9 Å². The number of carbonyl (C=O) groups excluding carboxylic acids is 1. The molecule has 2 aliphatic rings. The van der Waals surface area contributed by atoms with E-state index in [4.69, 9.17) is 0 Å². The number of nitrogens with zero attached hydrogens (tertiary/aromatic N) is 2. The highest BCUT2D eigenvalue weighted by atomic mass is 16.2. The van der Waals surface area contributed by atoms with Crippen LogP contribution in [0.2, 0.25) is 0 Å². The third-order valence-electron chi connectivity index (χ3n) is 4.08. The number of hydrogen-bond donors (Lipinski definition) is 0. The van der Waals surface area contributed by atoms with Crippen LogP contribution in [0, 0.1) is 11.8 Å². The van der Waals surface area contributed by atoms with Crippen molar-refractivity contribution in [2.45, 2.75) is 39.7 Å². The molecule has 3 rings (SSSR count). The quantitative estimate of drug-likeness (QED) is 0.842. The number of anilines is 2.